The number of nitro benzene ring substituents is 2. The van der Waals surface area contributed by atoms with Gasteiger partial charge in [0.05, 0.1) is 53.9 Å². The highest BCUT2D eigenvalue weighted by molar-refractivity contribution is 5.90. The molecule has 0 radical (unpaired) electrons. The second-order valence-electron chi connectivity index (χ2n) is 5.38. The summed E-state index contributed by atoms with van der Waals surface area (Å²) in [6.07, 6.45) is 0. The largest absolute Gasteiger partial charge is 0.496 e. The van der Waals surface area contributed by atoms with Crippen molar-refractivity contribution in [3.05, 3.63) is 67.8 Å². The molecule has 0 spiro atoms. The lowest BCUT2D eigenvalue weighted by molar-refractivity contribution is -0.385. The molecule has 2 aromatic rings. The Labute approximate surface area is 169 Å². The number of methoxy groups -OCH3 is 2. The highest BCUT2D eigenvalue weighted by atomic mass is 16.6. The molecule has 0 saturated carbocycles. The maximum Gasteiger partial charge on any atom is 0.338 e. The zero-order valence-corrected chi connectivity index (χ0v) is 16.2. The number of nitrogens with zero attached hydrogens (tertiary/aromatic N) is 2. The SMILES string of the molecule is CCOC(=O)c1cc(OC)cc([N+](=O)[O-])c1.COc1cc(C(=O)O)cc([N+](=O)[O-])c1. The third-order valence-electron chi connectivity index (χ3n) is 3.43. The van der Waals surface area contributed by atoms with Crippen LogP contribution in [0.1, 0.15) is 27.6 Å². The van der Waals surface area contributed by atoms with Gasteiger partial charge in [0.15, 0.2) is 0 Å². The summed E-state index contributed by atoms with van der Waals surface area (Å²) in [6.45, 7) is 1.87. The fraction of sp³-hybridized carbons (Fsp3) is 0.222. The predicted octanol–water partition coefficient (Wildman–Crippen LogP) is 3.08. The molecule has 0 aliphatic carbocycles. The van der Waals surface area contributed by atoms with Crippen molar-refractivity contribution >= 4 is 23.3 Å². The van der Waals surface area contributed by atoms with E-state index >= 15 is 0 Å². The van der Waals surface area contributed by atoms with E-state index in [-0.39, 0.29) is 40.6 Å². The molecule has 1 N–H and O–H groups in total. The Morgan fingerprint density at radius 1 is 0.867 bits per heavy atom. The van der Waals surface area contributed by atoms with E-state index in [0.717, 1.165) is 18.2 Å². The molecule has 0 unspecified atom stereocenters. The van der Waals surface area contributed by atoms with E-state index in [1.807, 2.05) is 0 Å². The van der Waals surface area contributed by atoms with Gasteiger partial charge in [-0.3, -0.25) is 20.2 Å². The van der Waals surface area contributed by atoms with Gasteiger partial charge < -0.3 is 19.3 Å². The Balaban J connectivity index is 0.000000303. The number of ether oxygens (including phenoxy) is 3. The first-order chi connectivity index (χ1) is 14.1. The zero-order chi connectivity index (χ0) is 22.8. The Hall–Kier alpha value is -4.22. The molecule has 0 aliphatic heterocycles. The van der Waals surface area contributed by atoms with Crippen LogP contribution in [0.4, 0.5) is 11.4 Å². The van der Waals surface area contributed by atoms with Crippen LogP contribution in [0, 0.1) is 20.2 Å². The molecule has 12 nitrogen and oxygen atoms in total. The molecule has 0 aliphatic rings. The number of rotatable bonds is 7. The summed E-state index contributed by atoms with van der Waals surface area (Å²) < 4.78 is 14.3. The van der Waals surface area contributed by atoms with Crippen LogP contribution >= 0.6 is 0 Å². The number of hydrogen-bond acceptors (Lipinski definition) is 9. The number of carboxylic acids is 1. The maximum absolute atomic E-state index is 11.4. The van der Waals surface area contributed by atoms with Crippen molar-refractivity contribution in [1.82, 2.24) is 0 Å². The molecule has 2 aromatic carbocycles. The molecule has 0 aromatic heterocycles. The molecule has 0 saturated heterocycles. The van der Waals surface area contributed by atoms with Crippen molar-refractivity contribution < 1.29 is 38.8 Å². The first-order valence-corrected chi connectivity index (χ1v) is 8.20. The molecular formula is C18H18N2O10. The van der Waals surface area contributed by atoms with Crippen LogP contribution in [-0.2, 0) is 4.74 Å². The average molecular weight is 422 g/mol. The predicted molar refractivity (Wildman–Crippen MR) is 102 cm³/mol. The van der Waals surface area contributed by atoms with E-state index in [9.17, 15) is 29.8 Å². The lowest BCUT2D eigenvalue weighted by atomic mass is 10.2. The fourth-order valence-corrected chi connectivity index (χ4v) is 2.07. The normalized spacial score (nSPS) is 9.57. The van der Waals surface area contributed by atoms with Crippen molar-refractivity contribution in [3.8, 4) is 11.5 Å². The van der Waals surface area contributed by atoms with Gasteiger partial charge in [-0.05, 0) is 19.1 Å². The number of carbonyl (C=O) groups excluding carboxylic acids is 1. The number of hydrogen-bond donors (Lipinski definition) is 1. The lowest BCUT2D eigenvalue weighted by Crippen LogP contribution is -2.05. The molecule has 160 valence electrons. The van der Waals surface area contributed by atoms with Gasteiger partial charge in [-0.1, -0.05) is 0 Å². The van der Waals surface area contributed by atoms with Gasteiger partial charge in [-0.25, -0.2) is 9.59 Å². The van der Waals surface area contributed by atoms with E-state index < -0.39 is 21.8 Å². The van der Waals surface area contributed by atoms with Gasteiger partial charge in [-0.2, -0.15) is 0 Å². The minimum absolute atomic E-state index is 0.105. The molecule has 30 heavy (non-hydrogen) atoms. The molecule has 2 rings (SSSR count). The number of aromatic carboxylic acids is 1. The topological polar surface area (TPSA) is 168 Å². The third-order valence-corrected chi connectivity index (χ3v) is 3.43. The van der Waals surface area contributed by atoms with Crippen molar-refractivity contribution in [2.45, 2.75) is 6.92 Å². The summed E-state index contributed by atoms with van der Waals surface area (Å²) in [5.41, 5.74) is -0.576. The number of carboxylic acid groups (broad SMARTS) is 1. The van der Waals surface area contributed by atoms with Gasteiger partial charge in [0.25, 0.3) is 11.4 Å². The Morgan fingerprint density at radius 3 is 1.67 bits per heavy atom. The quantitative estimate of drug-likeness (QED) is 0.397. The molecule has 0 bridgehead atoms. The summed E-state index contributed by atoms with van der Waals surface area (Å²) in [5, 5.41) is 29.6. The van der Waals surface area contributed by atoms with Gasteiger partial charge in [0, 0.05) is 12.1 Å². The summed E-state index contributed by atoms with van der Waals surface area (Å²) >= 11 is 0. The standard InChI is InChI=1S/C10H11NO5.C8H7NO5/c1-3-16-10(12)7-4-8(11(13)14)6-9(5-7)15-2;1-14-7-3-5(8(10)11)2-6(4-7)9(12)13/h4-6H,3H2,1-2H3;2-4H,1H3,(H,10,11). The van der Waals surface area contributed by atoms with Gasteiger partial charge >= 0.3 is 11.9 Å². The molecule has 0 atom stereocenters. The van der Waals surface area contributed by atoms with Crippen LogP contribution in [0.5, 0.6) is 11.5 Å². The monoisotopic (exact) mass is 422 g/mol. The van der Waals surface area contributed by atoms with Crippen molar-refractivity contribution in [2.24, 2.45) is 0 Å². The first kappa shape index (κ1) is 23.8. The van der Waals surface area contributed by atoms with Crippen molar-refractivity contribution in [3.63, 3.8) is 0 Å². The van der Waals surface area contributed by atoms with Crippen LogP contribution in [0.15, 0.2) is 36.4 Å². The number of esters is 1. The van der Waals surface area contributed by atoms with E-state index in [1.165, 1.54) is 32.4 Å². The lowest BCUT2D eigenvalue weighted by Gasteiger charge is -2.04. The summed E-state index contributed by atoms with van der Waals surface area (Å²) in [6, 6.07) is 7.14. The minimum Gasteiger partial charge on any atom is -0.496 e. The number of benzene rings is 2. The maximum atomic E-state index is 11.4. The highest BCUT2D eigenvalue weighted by Gasteiger charge is 2.16. The van der Waals surface area contributed by atoms with Crippen molar-refractivity contribution in [2.75, 3.05) is 20.8 Å². The summed E-state index contributed by atoms with van der Waals surface area (Å²) in [5.74, 6) is -1.44. The number of non-ortho nitro benzene ring substituents is 2. The number of nitro groups is 2. The summed E-state index contributed by atoms with van der Waals surface area (Å²) in [4.78, 5) is 41.7. The van der Waals surface area contributed by atoms with E-state index in [0.29, 0.717) is 0 Å². The molecule has 0 fully saturated rings. The zero-order valence-electron chi connectivity index (χ0n) is 16.2. The molecule has 0 heterocycles. The van der Waals surface area contributed by atoms with Crippen LogP contribution < -0.4 is 9.47 Å². The van der Waals surface area contributed by atoms with Crippen LogP contribution in [0.25, 0.3) is 0 Å². The Morgan fingerprint density at radius 2 is 1.30 bits per heavy atom. The first-order valence-electron chi connectivity index (χ1n) is 8.20. The number of carbonyl (C=O) groups is 2. The smallest absolute Gasteiger partial charge is 0.338 e. The average Bonchev–Trinajstić information content (AvgIpc) is 2.73. The molecule has 0 amide bonds. The molecular weight excluding hydrogens is 404 g/mol. The van der Waals surface area contributed by atoms with Gasteiger partial charge in [-0.15, -0.1) is 0 Å². The van der Waals surface area contributed by atoms with Gasteiger partial charge in [0.1, 0.15) is 11.5 Å². The van der Waals surface area contributed by atoms with E-state index in [2.05, 4.69) is 0 Å². The second-order valence-corrected chi connectivity index (χ2v) is 5.38. The van der Waals surface area contributed by atoms with E-state index in [1.54, 1.807) is 6.92 Å². The summed E-state index contributed by atoms with van der Waals surface area (Å²) in [7, 11) is 2.68. The second kappa shape index (κ2) is 10.9. The van der Waals surface area contributed by atoms with E-state index in [4.69, 9.17) is 19.3 Å². The molecule has 12 heteroatoms. The fourth-order valence-electron chi connectivity index (χ4n) is 2.07. The van der Waals surface area contributed by atoms with Crippen LogP contribution in [0.3, 0.4) is 0 Å². The van der Waals surface area contributed by atoms with Crippen LogP contribution in [0.2, 0.25) is 0 Å². The Kier molecular flexibility index (Phi) is 8.69. The van der Waals surface area contributed by atoms with Crippen molar-refractivity contribution in [1.29, 1.82) is 0 Å². The highest BCUT2D eigenvalue weighted by Crippen LogP contribution is 2.23. The van der Waals surface area contributed by atoms with Gasteiger partial charge in [0.2, 0.25) is 0 Å². The third kappa shape index (κ3) is 6.74. The minimum atomic E-state index is -1.23. The van der Waals surface area contributed by atoms with Crippen LogP contribution in [-0.4, -0.2) is 47.7 Å². The Bertz CT molecular complexity index is 926.